The van der Waals surface area contributed by atoms with Crippen LogP contribution in [0.5, 0.6) is 0 Å². The van der Waals surface area contributed by atoms with Crippen LogP contribution in [-0.4, -0.2) is 16.7 Å². The molecule has 0 atom stereocenters. The zero-order valence-corrected chi connectivity index (χ0v) is 12.2. The van der Waals surface area contributed by atoms with E-state index in [4.69, 9.17) is 0 Å². The Morgan fingerprint density at radius 2 is 2.11 bits per heavy atom. The van der Waals surface area contributed by atoms with E-state index < -0.39 is 0 Å². The topological polar surface area (TPSA) is 37.8 Å². The van der Waals surface area contributed by atoms with Crippen LogP contribution in [0.25, 0.3) is 10.6 Å². The van der Waals surface area contributed by atoms with Gasteiger partial charge in [-0.15, -0.1) is 10.2 Å². The van der Waals surface area contributed by atoms with Gasteiger partial charge < -0.3 is 5.32 Å². The molecule has 19 heavy (non-hydrogen) atoms. The highest BCUT2D eigenvalue weighted by Gasteiger charge is 2.09. The summed E-state index contributed by atoms with van der Waals surface area (Å²) in [5, 5.41) is 13.5. The lowest BCUT2D eigenvalue weighted by molar-refractivity contribution is 0.550. The fourth-order valence-corrected chi connectivity index (χ4v) is 2.67. The molecule has 0 aliphatic heterocycles. The fraction of sp³-hybridized carbons (Fsp3) is 0.429. The number of halogens is 1. The number of nitrogens with one attached hydrogen (secondary N) is 1. The molecule has 5 heteroatoms. The molecular weight excluding hydrogens is 261 g/mol. The average molecular weight is 279 g/mol. The van der Waals surface area contributed by atoms with Gasteiger partial charge in [0.25, 0.3) is 0 Å². The van der Waals surface area contributed by atoms with Gasteiger partial charge in [-0.25, -0.2) is 4.39 Å². The van der Waals surface area contributed by atoms with Gasteiger partial charge in [-0.3, -0.25) is 0 Å². The first-order valence-corrected chi connectivity index (χ1v) is 7.17. The van der Waals surface area contributed by atoms with E-state index in [1.807, 2.05) is 6.92 Å². The Morgan fingerprint density at radius 1 is 1.32 bits per heavy atom. The second-order valence-corrected chi connectivity index (χ2v) is 6.05. The Hall–Kier alpha value is -1.33. The van der Waals surface area contributed by atoms with Gasteiger partial charge in [0.2, 0.25) is 0 Å². The molecule has 2 rings (SSSR count). The number of aromatic nitrogens is 2. The second kappa shape index (κ2) is 6.21. The summed E-state index contributed by atoms with van der Waals surface area (Å²) >= 11 is 1.55. The van der Waals surface area contributed by atoms with Crippen molar-refractivity contribution in [2.45, 2.75) is 27.3 Å². The summed E-state index contributed by atoms with van der Waals surface area (Å²) in [5.41, 5.74) is 1.84. The molecule has 1 aromatic carbocycles. The molecule has 0 spiro atoms. The van der Waals surface area contributed by atoms with E-state index >= 15 is 0 Å². The van der Waals surface area contributed by atoms with Crippen LogP contribution in [0.1, 0.15) is 24.4 Å². The molecule has 102 valence electrons. The molecule has 0 radical (unpaired) electrons. The first kappa shape index (κ1) is 14.1. The van der Waals surface area contributed by atoms with Gasteiger partial charge in [-0.1, -0.05) is 25.2 Å². The van der Waals surface area contributed by atoms with Crippen molar-refractivity contribution in [3.63, 3.8) is 0 Å². The maximum Gasteiger partial charge on any atom is 0.148 e. The molecule has 0 aliphatic carbocycles. The lowest BCUT2D eigenvalue weighted by Crippen LogP contribution is -2.18. The summed E-state index contributed by atoms with van der Waals surface area (Å²) in [6, 6.07) is 4.74. The molecule has 1 N–H and O–H groups in total. The molecule has 1 aromatic heterocycles. The predicted octanol–water partition coefficient (Wildman–Crippen LogP) is 3.40. The predicted molar refractivity (Wildman–Crippen MR) is 76.6 cm³/mol. The number of benzene rings is 1. The number of nitrogens with zero attached hydrogens (tertiary/aromatic N) is 2. The van der Waals surface area contributed by atoms with E-state index in [9.17, 15) is 4.39 Å². The van der Waals surface area contributed by atoms with Crippen molar-refractivity contribution in [2.24, 2.45) is 5.92 Å². The van der Waals surface area contributed by atoms with Gasteiger partial charge in [-0.05, 0) is 43.1 Å². The minimum absolute atomic E-state index is 0.218. The first-order valence-electron chi connectivity index (χ1n) is 6.36. The molecule has 1 heterocycles. The Labute approximate surface area is 116 Å². The van der Waals surface area contributed by atoms with Crippen molar-refractivity contribution in [3.05, 3.63) is 34.6 Å². The molecule has 2 aromatic rings. The normalized spacial score (nSPS) is 11.2. The van der Waals surface area contributed by atoms with Crippen molar-refractivity contribution >= 4 is 11.3 Å². The van der Waals surface area contributed by atoms with Gasteiger partial charge in [-0.2, -0.15) is 0 Å². The van der Waals surface area contributed by atoms with Crippen molar-refractivity contribution in [2.75, 3.05) is 6.54 Å². The third-order valence-corrected chi connectivity index (χ3v) is 3.67. The molecule has 0 bridgehead atoms. The minimum Gasteiger partial charge on any atom is -0.310 e. The fourth-order valence-electron chi connectivity index (χ4n) is 1.77. The molecule has 0 fully saturated rings. The summed E-state index contributed by atoms with van der Waals surface area (Å²) in [4.78, 5) is 0. The largest absolute Gasteiger partial charge is 0.310 e. The molecule has 3 nitrogen and oxygen atoms in total. The van der Waals surface area contributed by atoms with Crippen molar-refractivity contribution in [1.82, 2.24) is 15.5 Å². The van der Waals surface area contributed by atoms with Gasteiger partial charge >= 0.3 is 0 Å². The number of rotatable bonds is 5. The quantitative estimate of drug-likeness (QED) is 0.911. The van der Waals surface area contributed by atoms with E-state index in [-0.39, 0.29) is 5.82 Å². The Morgan fingerprint density at radius 3 is 2.79 bits per heavy atom. The van der Waals surface area contributed by atoms with E-state index in [0.29, 0.717) is 5.92 Å². The summed E-state index contributed by atoms with van der Waals surface area (Å²) < 4.78 is 13.1. The minimum atomic E-state index is -0.218. The number of hydrogen-bond acceptors (Lipinski definition) is 4. The molecular formula is C14H18FN3S. The van der Waals surface area contributed by atoms with E-state index in [2.05, 4.69) is 29.4 Å². The number of aryl methyl sites for hydroxylation is 1. The molecule has 0 aliphatic rings. The van der Waals surface area contributed by atoms with Crippen molar-refractivity contribution < 1.29 is 4.39 Å². The summed E-state index contributed by atoms with van der Waals surface area (Å²) in [6.07, 6.45) is 0. The zero-order chi connectivity index (χ0) is 13.8. The van der Waals surface area contributed by atoms with Crippen LogP contribution >= 0.6 is 11.3 Å². The maximum atomic E-state index is 13.1. The highest BCUT2D eigenvalue weighted by atomic mass is 32.1. The van der Waals surface area contributed by atoms with Crippen LogP contribution in [0, 0.1) is 18.7 Å². The van der Waals surface area contributed by atoms with Gasteiger partial charge in [0.15, 0.2) is 0 Å². The molecule has 0 saturated carbocycles. The Balaban J connectivity index is 2.08. The lowest BCUT2D eigenvalue weighted by atomic mass is 10.1. The van der Waals surface area contributed by atoms with Crippen molar-refractivity contribution in [1.29, 1.82) is 0 Å². The van der Waals surface area contributed by atoms with Crippen LogP contribution in [0.4, 0.5) is 4.39 Å². The molecule has 0 unspecified atom stereocenters. The van der Waals surface area contributed by atoms with Crippen LogP contribution in [0.3, 0.4) is 0 Å². The van der Waals surface area contributed by atoms with Crippen molar-refractivity contribution in [3.8, 4) is 10.6 Å². The summed E-state index contributed by atoms with van der Waals surface area (Å²) in [7, 11) is 0. The summed E-state index contributed by atoms with van der Waals surface area (Å²) in [5.74, 6) is 0.399. The van der Waals surface area contributed by atoms with E-state index in [1.54, 1.807) is 17.4 Å². The SMILES string of the molecule is Cc1cc(F)ccc1-c1nnc(CNCC(C)C)s1. The first-order chi connectivity index (χ1) is 9.06. The number of hydrogen-bond donors (Lipinski definition) is 1. The van der Waals surface area contributed by atoms with E-state index in [1.165, 1.54) is 12.1 Å². The highest BCUT2D eigenvalue weighted by molar-refractivity contribution is 7.14. The van der Waals surface area contributed by atoms with Crippen LogP contribution in [0.2, 0.25) is 0 Å². The third-order valence-electron chi connectivity index (χ3n) is 2.71. The molecule has 0 saturated heterocycles. The van der Waals surface area contributed by atoms with Gasteiger partial charge in [0, 0.05) is 12.1 Å². The Bertz CT molecular complexity index is 551. The zero-order valence-electron chi connectivity index (χ0n) is 11.4. The maximum absolute atomic E-state index is 13.1. The van der Waals surface area contributed by atoms with Crippen LogP contribution < -0.4 is 5.32 Å². The lowest BCUT2D eigenvalue weighted by Gasteiger charge is -2.04. The van der Waals surface area contributed by atoms with Gasteiger partial charge in [0.05, 0.1) is 0 Å². The molecule has 0 amide bonds. The highest BCUT2D eigenvalue weighted by Crippen LogP contribution is 2.26. The average Bonchev–Trinajstić information content (AvgIpc) is 2.77. The monoisotopic (exact) mass is 279 g/mol. The second-order valence-electron chi connectivity index (χ2n) is 4.98. The van der Waals surface area contributed by atoms with Crippen LogP contribution in [-0.2, 0) is 6.54 Å². The van der Waals surface area contributed by atoms with E-state index in [0.717, 1.165) is 34.2 Å². The summed E-state index contributed by atoms with van der Waals surface area (Å²) in [6.45, 7) is 7.91. The third kappa shape index (κ3) is 3.81. The van der Waals surface area contributed by atoms with Crippen LogP contribution in [0.15, 0.2) is 18.2 Å². The standard InChI is InChI=1S/C14H18FN3S/c1-9(2)7-16-8-13-17-18-14(19-13)12-5-4-11(15)6-10(12)3/h4-6,9,16H,7-8H2,1-3H3. The Kier molecular flexibility index (Phi) is 4.61. The smallest absolute Gasteiger partial charge is 0.148 e. The van der Waals surface area contributed by atoms with Gasteiger partial charge in [0.1, 0.15) is 15.8 Å².